The molecule has 1 saturated heterocycles. The largest absolute Gasteiger partial charge is 0.369 e. The van der Waals surface area contributed by atoms with Gasteiger partial charge in [0.15, 0.2) is 0 Å². The standard InChI is InChI=1S/C25H33FN4OS/c1-27-24(28-21-8-3-2-4-9-21)25(30(19-31)22-10-5-7-20(26)17-22)12-14-29(15-13-25)18-23-11-6-16-32-23/h5-7,10-11,16-17,19,21H,2-4,8-9,12-15,18H2,1H3,(H,27,28). The zero-order valence-electron chi connectivity index (χ0n) is 18.8. The number of amides is 1. The van der Waals surface area contributed by atoms with Gasteiger partial charge < -0.3 is 10.2 Å². The number of likely N-dealkylation sites (tertiary alicyclic amines) is 1. The second-order valence-electron chi connectivity index (χ2n) is 8.89. The Morgan fingerprint density at radius 2 is 2.03 bits per heavy atom. The quantitative estimate of drug-likeness (QED) is 0.369. The third-order valence-electron chi connectivity index (χ3n) is 6.91. The van der Waals surface area contributed by atoms with E-state index in [2.05, 4.69) is 27.7 Å². The van der Waals surface area contributed by atoms with E-state index in [0.29, 0.717) is 11.7 Å². The molecule has 1 aliphatic carbocycles. The number of carbonyl (C=O) groups is 1. The normalized spacial score (nSPS) is 20.1. The molecule has 1 amide bonds. The van der Waals surface area contributed by atoms with Gasteiger partial charge in [-0.05, 0) is 55.3 Å². The van der Waals surface area contributed by atoms with Crippen molar-refractivity contribution >= 4 is 29.3 Å². The Balaban J connectivity index is 1.61. The molecule has 0 atom stereocenters. The monoisotopic (exact) mass is 456 g/mol. The lowest BCUT2D eigenvalue weighted by atomic mass is 9.82. The van der Waals surface area contributed by atoms with Gasteiger partial charge in [-0.2, -0.15) is 0 Å². The summed E-state index contributed by atoms with van der Waals surface area (Å²) in [5, 5.41) is 5.82. The molecule has 1 aromatic carbocycles. The lowest BCUT2D eigenvalue weighted by Gasteiger charge is -2.48. The number of piperidine rings is 1. The molecule has 2 fully saturated rings. The lowest BCUT2D eigenvalue weighted by Crippen LogP contribution is -2.64. The topological polar surface area (TPSA) is 47.9 Å². The average Bonchev–Trinajstić information content (AvgIpc) is 3.33. The minimum atomic E-state index is -0.603. The summed E-state index contributed by atoms with van der Waals surface area (Å²) in [5.41, 5.74) is -0.0217. The number of nitrogens with one attached hydrogen (secondary N) is 1. The van der Waals surface area contributed by atoms with Crippen LogP contribution in [-0.4, -0.2) is 48.9 Å². The van der Waals surface area contributed by atoms with Gasteiger partial charge in [0, 0.05) is 43.3 Å². The van der Waals surface area contributed by atoms with Crippen LogP contribution in [0.1, 0.15) is 49.8 Å². The molecule has 1 N–H and O–H groups in total. The maximum absolute atomic E-state index is 14.1. The molecule has 32 heavy (non-hydrogen) atoms. The maximum Gasteiger partial charge on any atom is 0.215 e. The fraction of sp³-hybridized carbons (Fsp3) is 0.520. The lowest BCUT2D eigenvalue weighted by molar-refractivity contribution is -0.108. The van der Waals surface area contributed by atoms with E-state index in [1.54, 1.807) is 29.4 Å². The highest BCUT2D eigenvalue weighted by molar-refractivity contribution is 7.09. The number of halogens is 1. The third kappa shape index (κ3) is 5.04. The van der Waals surface area contributed by atoms with E-state index in [4.69, 9.17) is 4.99 Å². The van der Waals surface area contributed by atoms with Crippen LogP contribution in [0.5, 0.6) is 0 Å². The molecule has 1 saturated carbocycles. The van der Waals surface area contributed by atoms with Crippen LogP contribution in [0.2, 0.25) is 0 Å². The predicted octanol–water partition coefficient (Wildman–Crippen LogP) is 4.84. The summed E-state index contributed by atoms with van der Waals surface area (Å²) in [5.74, 6) is 0.520. The van der Waals surface area contributed by atoms with Crippen LogP contribution in [0.3, 0.4) is 0 Å². The van der Waals surface area contributed by atoms with E-state index in [1.165, 1.54) is 36.3 Å². The van der Waals surface area contributed by atoms with Gasteiger partial charge >= 0.3 is 0 Å². The molecule has 4 rings (SSSR count). The fourth-order valence-corrected chi connectivity index (χ4v) is 5.92. The number of anilines is 1. The molecule has 5 nitrogen and oxygen atoms in total. The molecular weight excluding hydrogens is 423 g/mol. The van der Waals surface area contributed by atoms with Crippen molar-refractivity contribution in [3.8, 4) is 0 Å². The Labute approximate surface area is 194 Å². The molecule has 2 aliphatic rings. The predicted molar refractivity (Wildman–Crippen MR) is 130 cm³/mol. The van der Waals surface area contributed by atoms with Gasteiger partial charge in [-0.3, -0.25) is 14.7 Å². The molecular formula is C25H33FN4OS. The minimum Gasteiger partial charge on any atom is -0.369 e. The number of hydrogen-bond acceptors (Lipinski definition) is 4. The number of amidine groups is 1. The summed E-state index contributed by atoms with van der Waals surface area (Å²) in [7, 11) is 1.81. The molecule has 0 spiro atoms. The minimum absolute atomic E-state index is 0.338. The van der Waals surface area contributed by atoms with Crippen molar-refractivity contribution in [1.82, 2.24) is 10.2 Å². The van der Waals surface area contributed by atoms with Crippen LogP contribution < -0.4 is 10.2 Å². The van der Waals surface area contributed by atoms with Crippen molar-refractivity contribution in [2.75, 3.05) is 25.0 Å². The fourth-order valence-electron chi connectivity index (χ4n) is 5.18. The van der Waals surface area contributed by atoms with Crippen molar-refractivity contribution in [3.05, 3.63) is 52.5 Å². The molecule has 0 radical (unpaired) electrons. The molecule has 0 bridgehead atoms. The SMILES string of the molecule is C/N=C(/NC1CCCCC1)C1(N(C=O)c2cccc(F)c2)CCN(Cc2cccs2)CC1. The molecule has 0 unspecified atom stereocenters. The Hall–Kier alpha value is -2.25. The second kappa shape index (κ2) is 10.6. The third-order valence-corrected chi connectivity index (χ3v) is 7.77. The average molecular weight is 457 g/mol. The smallest absolute Gasteiger partial charge is 0.215 e. The van der Waals surface area contributed by atoms with Gasteiger partial charge in [-0.15, -0.1) is 11.3 Å². The van der Waals surface area contributed by atoms with Crippen LogP contribution >= 0.6 is 11.3 Å². The van der Waals surface area contributed by atoms with Crippen LogP contribution in [0.15, 0.2) is 46.8 Å². The van der Waals surface area contributed by atoms with E-state index in [-0.39, 0.29) is 5.82 Å². The zero-order chi connectivity index (χ0) is 22.4. The Kier molecular flexibility index (Phi) is 7.58. The van der Waals surface area contributed by atoms with Gasteiger partial charge in [0.2, 0.25) is 6.41 Å². The highest BCUT2D eigenvalue weighted by atomic mass is 32.1. The maximum atomic E-state index is 14.1. The first kappa shape index (κ1) is 22.9. The Morgan fingerprint density at radius 1 is 1.25 bits per heavy atom. The molecule has 7 heteroatoms. The number of hydrogen-bond donors (Lipinski definition) is 1. The molecule has 2 heterocycles. The van der Waals surface area contributed by atoms with Gasteiger partial charge in [-0.25, -0.2) is 4.39 Å². The van der Waals surface area contributed by atoms with Crippen molar-refractivity contribution in [3.63, 3.8) is 0 Å². The van der Waals surface area contributed by atoms with Crippen molar-refractivity contribution in [2.45, 2.75) is 63.1 Å². The first-order valence-corrected chi connectivity index (χ1v) is 12.5. The first-order valence-electron chi connectivity index (χ1n) is 11.6. The Morgan fingerprint density at radius 3 is 2.66 bits per heavy atom. The van der Waals surface area contributed by atoms with Crippen LogP contribution in [0, 0.1) is 5.82 Å². The molecule has 172 valence electrons. The molecule has 1 aliphatic heterocycles. The van der Waals surface area contributed by atoms with Gasteiger partial charge in [-0.1, -0.05) is 31.4 Å². The summed E-state index contributed by atoms with van der Waals surface area (Å²) in [6, 6.07) is 11.0. The van der Waals surface area contributed by atoms with Gasteiger partial charge in [0.05, 0.1) is 0 Å². The number of nitrogens with zero attached hydrogens (tertiary/aromatic N) is 3. The summed E-state index contributed by atoms with van der Waals surface area (Å²) in [4.78, 5) is 22.7. The summed E-state index contributed by atoms with van der Waals surface area (Å²) in [6.07, 6.45) is 8.33. The highest BCUT2D eigenvalue weighted by Gasteiger charge is 2.45. The van der Waals surface area contributed by atoms with Crippen molar-refractivity contribution < 1.29 is 9.18 Å². The van der Waals surface area contributed by atoms with E-state index < -0.39 is 5.54 Å². The van der Waals surface area contributed by atoms with Gasteiger partial charge in [0.25, 0.3) is 0 Å². The summed E-state index contributed by atoms with van der Waals surface area (Å²) in [6.45, 7) is 2.62. The number of aliphatic imine (C=N–C) groups is 1. The second-order valence-corrected chi connectivity index (χ2v) is 9.93. The van der Waals surface area contributed by atoms with Crippen LogP contribution in [0.4, 0.5) is 10.1 Å². The summed E-state index contributed by atoms with van der Waals surface area (Å²) >= 11 is 1.77. The Bertz CT molecular complexity index is 902. The van der Waals surface area contributed by atoms with Crippen molar-refractivity contribution in [2.24, 2.45) is 4.99 Å². The number of rotatable bonds is 7. The molecule has 2 aromatic rings. The van der Waals surface area contributed by atoms with Crippen molar-refractivity contribution in [1.29, 1.82) is 0 Å². The highest BCUT2D eigenvalue weighted by Crippen LogP contribution is 2.35. The van der Waals surface area contributed by atoms with Gasteiger partial charge in [0.1, 0.15) is 17.2 Å². The molecule has 1 aromatic heterocycles. The number of benzene rings is 1. The van der Waals surface area contributed by atoms with Crippen LogP contribution in [0.25, 0.3) is 0 Å². The van der Waals surface area contributed by atoms with E-state index in [1.807, 2.05) is 6.07 Å². The summed E-state index contributed by atoms with van der Waals surface area (Å²) < 4.78 is 14.1. The van der Waals surface area contributed by atoms with E-state index >= 15 is 0 Å². The first-order chi connectivity index (χ1) is 15.6. The zero-order valence-corrected chi connectivity index (χ0v) is 19.6. The van der Waals surface area contributed by atoms with E-state index in [0.717, 1.165) is 57.6 Å². The van der Waals surface area contributed by atoms with Crippen LogP contribution in [-0.2, 0) is 11.3 Å². The number of thiophene rings is 1. The number of carbonyl (C=O) groups excluding carboxylic acids is 1. The van der Waals surface area contributed by atoms with E-state index in [9.17, 15) is 9.18 Å².